The summed E-state index contributed by atoms with van der Waals surface area (Å²) in [6, 6.07) is 5.39. The fourth-order valence-electron chi connectivity index (χ4n) is 2.78. The first-order valence-corrected chi connectivity index (χ1v) is 9.28. The second-order valence-electron chi connectivity index (χ2n) is 5.37. The molecular formula is C15H14F3NO2S2. The van der Waals surface area contributed by atoms with E-state index in [2.05, 4.69) is 0 Å². The first kappa shape index (κ1) is 16.5. The maximum Gasteiger partial charge on any atom is 0.416 e. The lowest BCUT2D eigenvalue weighted by Crippen LogP contribution is -2.38. The number of halogens is 3. The number of alkyl halides is 3. The number of fused-ring (bicyclic) bond motifs is 1. The predicted octanol–water partition coefficient (Wildman–Crippen LogP) is 4.07. The van der Waals surface area contributed by atoms with Gasteiger partial charge < -0.3 is 0 Å². The van der Waals surface area contributed by atoms with Crippen molar-refractivity contribution in [3.63, 3.8) is 0 Å². The van der Waals surface area contributed by atoms with Crippen LogP contribution in [0.3, 0.4) is 0 Å². The molecule has 23 heavy (non-hydrogen) atoms. The van der Waals surface area contributed by atoms with Gasteiger partial charge in [-0.3, -0.25) is 0 Å². The quantitative estimate of drug-likeness (QED) is 0.808. The fourth-order valence-corrected chi connectivity index (χ4v) is 5.40. The van der Waals surface area contributed by atoms with Crippen molar-refractivity contribution in [1.29, 1.82) is 0 Å². The topological polar surface area (TPSA) is 37.4 Å². The third-order valence-corrected chi connectivity index (χ3v) is 6.95. The molecule has 0 radical (unpaired) electrons. The van der Waals surface area contributed by atoms with Crippen molar-refractivity contribution in [2.45, 2.75) is 30.5 Å². The summed E-state index contributed by atoms with van der Waals surface area (Å²) in [6.07, 6.45) is -3.99. The molecule has 8 heteroatoms. The van der Waals surface area contributed by atoms with Crippen LogP contribution in [-0.2, 0) is 22.6 Å². The Kier molecular flexibility index (Phi) is 4.02. The van der Waals surface area contributed by atoms with E-state index >= 15 is 0 Å². The van der Waals surface area contributed by atoms with Crippen LogP contribution in [-0.4, -0.2) is 19.3 Å². The van der Waals surface area contributed by atoms with Gasteiger partial charge in [0.25, 0.3) is 0 Å². The maximum absolute atomic E-state index is 12.8. The van der Waals surface area contributed by atoms with Crippen molar-refractivity contribution < 1.29 is 21.6 Å². The van der Waals surface area contributed by atoms with Crippen LogP contribution >= 0.6 is 11.3 Å². The van der Waals surface area contributed by atoms with E-state index in [0.717, 1.165) is 22.6 Å². The van der Waals surface area contributed by atoms with E-state index in [1.54, 1.807) is 18.3 Å². The highest BCUT2D eigenvalue weighted by atomic mass is 32.2. The van der Waals surface area contributed by atoms with Gasteiger partial charge in [-0.25, -0.2) is 8.42 Å². The summed E-state index contributed by atoms with van der Waals surface area (Å²) in [5.41, 5.74) is -0.0312. The van der Waals surface area contributed by atoms with E-state index < -0.39 is 21.8 Å². The molecule has 2 heterocycles. The average molecular weight is 361 g/mol. The predicted molar refractivity (Wildman–Crippen MR) is 81.8 cm³/mol. The van der Waals surface area contributed by atoms with Crippen molar-refractivity contribution in [3.05, 3.63) is 51.7 Å². The van der Waals surface area contributed by atoms with Crippen LogP contribution in [0, 0.1) is 0 Å². The van der Waals surface area contributed by atoms with Gasteiger partial charge in [0.15, 0.2) is 0 Å². The largest absolute Gasteiger partial charge is 0.416 e. The zero-order chi connectivity index (χ0) is 16.8. The molecule has 3 nitrogen and oxygen atoms in total. The Morgan fingerprint density at radius 3 is 2.70 bits per heavy atom. The lowest BCUT2D eigenvalue weighted by molar-refractivity contribution is -0.137. The summed E-state index contributed by atoms with van der Waals surface area (Å²) in [6.45, 7) is 2.03. The Balaban J connectivity index is 2.00. The van der Waals surface area contributed by atoms with Crippen molar-refractivity contribution in [1.82, 2.24) is 4.31 Å². The number of benzene rings is 1. The Labute approximate surface area is 136 Å². The van der Waals surface area contributed by atoms with Gasteiger partial charge in [-0.2, -0.15) is 17.5 Å². The van der Waals surface area contributed by atoms with E-state index in [0.29, 0.717) is 12.5 Å². The number of hydrogen-bond acceptors (Lipinski definition) is 3. The lowest BCUT2D eigenvalue weighted by atomic mass is 10.0. The van der Waals surface area contributed by atoms with Gasteiger partial charge in [0.2, 0.25) is 10.0 Å². The van der Waals surface area contributed by atoms with Crippen LogP contribution in [0.25, 0.3) is 0 Å². The summed E-state index contributed by atoms with van der Waals surface area (Å²) < 4.78 is 65.3. The molecule has 1 atom stereocenters. The van der Waals surface area contributed by atoms with Crippen molar-refractivity contribution >= 4 is 21.4 Å². The minimum absolute atomic E-state index is 0.271. The van der Waals surface area contributed by atoms with Crippen LogP contribution in [0.4, 0.5) is 13.2 Å². The number of hydrogen-bond donors (Lipinski definition) is 0. The Morgan fingerprint density at radius 2 is 2.00 bits per heavy atom. The summed E-state index contributed by atoms with van der Waals surface area (Å²) in [7, 11) is -3.98. The van der Waals surface area contributed by atoms with Crippen LogP contribution in [0.1, 0.15) is 29.0 Å². The van der Waals surface area contributed by atoms with E-state index in [-0.39, 0.29) is 17.5 Å². The molecule has 0 unspecified atom stereocenters. The van der Waals surface area contributed by atoms with Crippen molar-refractivity contribution in [2.75, 3.05) is 6.54 Å². The highest BCUT2D eigenvalue weighted by molar-refractivity contribution is 7.89. The van der Waals surface area contributed by atoms with Gasteiger partial charge >= 0.3 is 6.18 Å². The highest BCUT2D eigenvalue weighted by Crippen LogP contribution is 2.37. The summed E-state index contributed by atoms with van der Waals surface area (Å²) in [4.78, 5) is 0.811. The number of nitrogens with zero attached hydrogens (tertiary/aromatic N) is 1. The molecule has 0 fully saturated rings. The molecular weight excluding hydrogens is 347 g/mol. The maximum atomic E-state index is 12.8. The number of rotatable bonds is 2. The molecule has 0 saturated heterocycles. The molecule has 3 rings (SSSR count). The van der Waals surface area contributed by atoms with Gasteiger partial charge in [-0.1, -0.05) is 6.07 Å². The minimum Gasteiger partial charge on any atom is -0.207 e. The standard InChI is InChI=1S/C15H14F3NO2S2/c1-10-13-6-8-22-14(13)5-7-19(10)23(20,21)12-4-2-3-11(9-12)15(16,17)18/h2-4,6,8-10H,5,7H2,1H3/t10-/m1/s1. The first-order valence-electron chi connectivity index (χ1n) is 6.96. The molecule has 1 aromatic carbocycles. The van der Waals surface area contributed by atoms with E-state index in [9.17, 15) is 21.6 Å². The zero-order valence-corrected chi connectivity index (χ0v) is 13.8. The Morgan fingerprint density at radius 1 is 1.26 bits per heavy atom. The SMILES string of the molecule is C[C@@H]1c2ccsc2CCN1S(=O)(=O)c1cccc(C(F)(F)F)c1. The summed E-state index contributed by atoms with van der Waals surface area (Å²) in [5, 5.41) is 1.90. The molecule has 0 saturated carbocycles. The first-order chi connectivity index (χ1) is 10.7. The molecule has 0 amide bonds. The average Bonchev–Trinajstić information content (AvgIpc) is 2.96. The fraction of sp³-hybridized carbons (Fsp3) is 0.333. The molecule has 1 aromatic heterocycles. The zero-order valence-electron chi connectivity index (χ0n) is 12.2. The minimum atomic E-state index is -4.57. The third-order valence-electron chi connectivity index (χ3n) is 3.99. The highest BCUT2D eigenvalue weighted by Gasteiger charge is 2.36. The summed E-state index contributed by atoms with van der Waals surface area (Å²) in [5.74, 6) is 0. The normalized spacial score (nSPS) is 19.6. The number of thiophene rings is 1. The summed E-state index contributed by atoms with van der Waals surface area (Å²) >= 11 is 1.57. The molecule has 0 spiro atoms. The van der Waals surface area contributed by atoms with E-state index in [4.69, 9.17) is 0 Å². The van der Waals surface area contributed by atoms with E-state index in [1.165, 1.54) is 10.4 Å². The second kappa shape index (κ2) is 5.61. The van der Waals surface area contributed by atoms with Gasteiger partial charge in [-0.15, -0.1) is 11.3 Å². The Hall–Kier alpha value is -1.38. The Bertz CT molecular complexity index is 827. The van der Waals surface area contributed by atoms with Gasteiger partial charge in [0, 0.05) is 17.5 Å². The lowest BCUT2D eigenvalue weighted by Gasteiger charge is -2.32. The molecule has 1 aliphatic rings. The van der Waals surface area contributed by atoms with Gasteiger partial charge in [0.1, 0.15) is 0 Å². The molecule has 0 bridgehead atoms. The van der Waals surface area contributed by atoms with Crippen molar-refractivity contribution in [3.8, 4) is 0 Å². The third kappa shape index (κ3) is 2.90. The molecule has 0 N–H and O–H groups in total. The van der Waals surface area contributed by atoms with Crippen LogP contribution < -0.4 is 0 Å². The van der Waals surface area contributed by atoms with Crippen molar-refractivity contribution in [2.24, 2.45) is 0 Å². The molecule has 2 aromatic rings. The van der Waals surface area contributed by atoms with Crippen LogP contribution in [0.2, 0.25) is 0 Å². The molecule has 124 valence electrons. The van der Waals surface area contributed by atoms with E-state index in [1.807, 2.05) is 11.4 Å². The number of sulfonamides is 1. The monoisotopic (exact) mass is 361 g/mol. The van der Waals surface area contributed by atoms with Gasteiger partial charge in [-0.05, 0) is 48.6 Å². The van der Waals surface area contributed by atoms with Crippen LogP contribution in [0.15, 0.2) is 40.6 Å². The molecule has 0 aliphatic carbocycles. The smallest absolute Gasteiger partial charge is 0.207 e. The second-order valence-corrected chi connectivity index (χ2v) is 8.26. The molecule has 1 aliphatic heterocycles. The van der Waals surface area contributed by atoms with Crippen LogP contribution in [0.5, 0.6) is 0 Å². The van der Waals surface area contributed by atoms with Gasteiger partial charge in [0.05, 0.1) is 10.5 Å².